The van der Waals surface area contributed by atoms with Gasteiger partial charge in [-0.3, -0.25) is 14.5 Å². The Kier molecular flexibility index (Phi) is 6.50. The first-order valence-corrected chi connectivity index (χ1v) is 11.2. The first-order valence-electron chi connectivity index (χ1n) is 11.2. The van der Waals surface area contributed by atoms with Gasteiger partial charge in [-0.25, -0.2) is 0 Å². The maximum atomic E-state index is 12.8. The number of hydrogen-bond acceptors (Lipinski definition) is 4. The molecule has 0 bridgehead atoms. The molecule has 4 rings (SSSR count). The van der Waals surface area contributed by atoms with Crippen molar-refractivity contribution in [2.24, 2.45) is 0 Å². The van der Waals surface area contributed by atoms with Crippen molar-refractivity contribution in [3.05, 3.63) is 29.8 Å². The van der Waals surface area contributed by atoms with Gasteiger partial charge < -0.3 is 15.0 Å². The highest BCUT2D eigenvalue weighted by atomic mass is 16.5. The fraction of sp³-hybridized carbons (Fsp3) is 0.652. The minimum Gasteiger partial charge on any atom is -0.379 e. The molecule has 2 amide bonds. The lowest BCUT2D eigenvalue weighted by Crippen LogP contribution is -2.59. The zero-order chi connectivity index (χ0) is 20.1. The van der Waals surface area contributed by atoms with Gasteiger partial charge in [-0.2, -0.15) is 0 Å². The van der Waals surface area contributed by atoms with E-state index in [1.807, 2.05) is 29.2 Å². The highest BCUT2D eigenvalue weighted by Crippen LogP contribution is 2.34. The molecule has 0 radical (unpaired) electrons. The normalized spacial score (nSPS) is 23.0. The van der Waals surface area contributed by atoms with E-state index in [-0.39, 0.29) is 17.4 Å². The monoisotopic (exact) mass is 399 g/mol. The summed E-state index contributed by atoms with van der Waals surface area (Å²) in [6.07, 6.45) is 8.66. The van der Waals surface area contributed by atoms with Crippen LogP contribution in [-0.2, 0) is 9.53 Å². The second kappa shape index (κ2) is 9.26. The number of carbonyl (C=O) groups excluding carboxylic acids is 2. The second-order valence-corrected chi connectivity index (χ2v) is 8.62. The molecule has 2 heterocycles. The number of anilines is 1. The number of benzene rings is 1. The van der Waals surface area contributed by atoms with Gasteiger partial charge in [0, 0.05) is 49.4 Å². The van der Waals surface area contributed by atoms with Crippen LogP contribution >= 0.6 is 0 Å². The summed E-state index contributed by atoms with van der Waals surface area (Å²) in [5.41, 5.74) is 1.62. The van der Waals surface area contributed by atoms with Crippen molar-refractivity contribution in [2.75, 3.05) is 44.3 Å². The van der Waals surface area contributed by atoms with Crippen LogP contribution in [0.3, 0.4) is 0 Å². The van der Waals surface area contributed by atoms with Crippen molar-refractivity contribution >= 4 is 17.5 Å². The highest BCUT2D eigenvalue weighted by molar-refractivity contribution is 5.97. The molecule has 0 aromatic heterocycles. The lowest BCUT2D eigenvalue weighted by molar-refractivity contribution is -0.119. The van der Waals surface area contributed by atoms with Crippen molar-refractivity contribution in [3.8, 4) is 0 Å². The van der Waals surface area contributed by atoms with Gasteiger partial charge in [0.2, 0.25) is 5.91 Å². The van der Waals surface area contributed by atoms with E-state index in [4.69, 9.17) is 4.74 Å². The van der Waals surface area contributed by atoms with Gasteiger partial charge in [0.05, 0.1) is 13.2 Å². The number of carbonyl (C=O) groups is 2. The molecule has 6 heteroatoms. The van der Waals surface area contributed by atoms with Crippen LogP contribution in [0.25, 0.3) is 0 Å². The van der Waals surface area contributed by atoms with Gasteiger partial charge in [0.15, 0.2) is 0 Å². The molecule has 3 aliphatic rings. The molecule has 1 aromatic carbocycles. The lowest BCUT2D eigenvalue weighted by atomic mass is 9.79. The number of ether oxygens (including phenoxy) is 1. The maximum Gasteiger partial charge on any atom is 0.251 e. The van der Waals surface area contributed by atoms with E-state index in [2.05, 4.69) is 10.2 Å². The number of nitrogens with one attached hydrogen (secondary N) is 1. The van der Waals surface area contributed by atoms with E-state index in [1.54, 1.807) is 0 Å². The van der Waals surface area contributed by atoms with Crippen molar-refractivity contribution in [3.63, 3.8) is 0 Å². The molecule has 29 heavy (non-hydrogen) atoms. The Morgan fingerprint density at radius 2 is 1.69 bits per heavy atom. The largest absolute Gasteiger partial charge is 0.379 e. The van der Waals surface area contributed by atoms with E-state index in [9.17, 15) is 9.59 Å². The Morgan fingerprint density at radius 1 is 0.966 bits per heavy atom. The zero-order valence-corrected chi connectivity index (χ0v) is 17.3. The SMILES string of the molecule is O=C(NCC1(N2CCOCC2)CCCCC1)c1ccc(N2CCCCC2=O)cc1. The Hall–Kier alpha value is -1.92. The topological polar surface area (TPSA) is 61.9 Å². The molecule has 6 nitrogen and oxygen atoms in total. The van der Waals surface area contributed by atoms with Crippen LogP contribution in [0.1, 0.15) is 61.7 Å². The second-order valence-electron chi connectivity index (χ2n) is 8.62. The summed E-state index contributed by atoms with van der Waals surface area (Å²) in [5, 5.41) is 3.21. The minimum atomic E-state index is -0.0280. The summed E-state index contributed by atoms with van der Waals surface area (Å²) in [5.74, 6) is 0.151. The summed E-state index contributed by atoms with van der Waals surface area (Å²) >= 11 is 0. The highest BCUT2D eigenvalue weighted by Gasteiger charge is 2.38. The Bertz CT molecular complexity index is 707. The standard InChI is InChI=1S/C23H33N3O3/c27-21-6-2-5-13-26(21)20-9-7-19(8-10-20)22(28)24-18-23(11-3-1-4-12-23)25-14-16-29-17-15-25/h7-10H,1-6,11-18H2,(H,24,28). The summed E-state index contributed by atoms with van der Waals surface area (Å²) in [7, 11) is 0. The van der Waals surface area contributed by atoms with Gasteiger partial charge in [0.1, 0.15) is 0 Å². The lowest BCUT2D eigenvalue weighted by Gasteiger charge is -2.48. The van der Waals surface area contributed by atoms with Crippen LogP contribution in [0.15, 0.2) is 24.3 Å². The van der Waals surface area contributed by atoms with E-state index in [0.717, 1.165) is 64.2 Å². The van der Waals surface area contributed by atoms with Crippen LogP contribution in [0, 0.1) is 0 Å². The maximum absolute atomic E-state index is 12.8. The number of amides is 2. The molecule has 0 spiro atoms. The number of rotatable bonds is 5. The summed E-state index contributed by atoms with van der Waals surface area (Å²) in [6, 6.07) is 7.48. The molecule has 2 aliphatic heterocycles. The smallest absolute Gasteiger partial charge is 0.251 e. The number of piperidine rings is 1. The van der Waals surface area contributed by atoms with Crippen LogP contribution in [-0.4, -0.2) is 61.6 Å². The zero-order valence-electron chi connectivity index (χ0n) is 17.3. The Balaban J connectivity index is 1.39. The number of nitrogens with zero attached hydrogens (tertiary/aromatic N) is 2. The van der Waals surface area contributed by atoms with Crippen LogP contribution in [0.4, 0.5) is 5.69 Å². The molecular formula is C23H33N3O3. The van der Waals surface area contributed by atoms with Crippen LogP contribution in [0.5, 0.6) is 0 Å². The molecule has 2 saturated heterocycles. The van der Waals surface area contributed by atoms with Gasteiger partial charge in [-0.1, -0.05) is 19.3 Å². The number of morpholine rings is 1. The molecule has 1 aliphatic carbocycles. The summed E-state index contributed by atoms with van der Waals surface area (Å²) in [4.78, 5) is 29.3. The summed E-state index contributed by atoms with van der Waals surface area (Å²) in [6.45, 7) is 4.94. The van der Waals surface area contributed by atoms with Crippen molar-refractivity contribution in [2.45, 2.75) is 56.9 Å². The van der Waals surface area contributed by atoms with E-state index in [1.165, 1.54) is 19.3 Å². The quantitative estimate of drug-likeness (QED) is 0.827. The van der Waals surface area contributed by atoms with Crippen LogP contribution in [0.2, 0.25) is 0 Å². The molecule has 3 fully saturated rings. The van der Waals surface area contributed by atoms with Crippen molar-refractivity contribution in [1.82, 2.24) is 10.2 Å². The van der Waals surface area contributed by atoms with Crippen LogP contribution < -0.4 is 10.2 Å². The van der Waals surface area contributed by atoms with E-state index >= 15 is 0 Å². The van der Waals surface area contributed by atoms with E-state index in [0.29, 0.717) is 18.5 Å². The third kappa shape index (κ3) is 4.64. The molecule has 1 aromatic rings. The predicted octanol–water partition coefficient (Wildman–Crippen LogP) is 2.97. The average Bonchev–Trinajstić information content (AvgIpc) is 2.79. The Labute approximate surface area is 173 Å². The van der Waals surface area contributed by atoms with Crippen molar-refractivity contribution in [1.29, 1.82) is 0 Å². The van der Waals surface area contributed by atoms with Crippen molar-refractivity contribution < 1.29 is 14.3 Å². The summed E-state index contributed by atoms with van der Waals surface area (Å²) < 4.78 is 5.54. The minimum absolute atomic E-state index is 0.0280. The molecule has 158 valence electrons. The molecule has 0 unspecified atom stereocenters. The fourth-order valence-electron chi connectivity index (χ4n) is 5.07. The molecule has 0 atom stereocenters. The van der Waals surface area contributed by atoms with Gasteiger partial charge >= 0.3 is 0 Å². The van der Waals surface area contributed by atoms with Gasteiger partial charge in [0.25, 0.3) is 5.91 Å². The van der Waals surface area contributed by atoms with Gasteiger partial charge in [-0.15, -0.1) is 0 Å². The first kappa shape index (κ1) is 20.4. The molecule has 1 saturated carbocycles. The predicted molar refractivity (Wildman–Crippen MR) is 113 cm³/mol. The average molecular weight is 400 g/mol. The Morgan fingerprint density at radius 3 is 2.38 bits per heavy atom. The fourth-order valence-corrected chi connectivity index (χ4v) is 5.07. The molecular weight excluding hydrogens is 366 g/mol. The molecule has 1 N–H and O–H groups in total. The van der Waals surface area contributed by atoms with E-state index < -0.39 is 0 Å². The number of hydrogen-bond donors (Lipinski definition) is 1. The first-order chi connectivity index (χ1) is 14.2. The van der Waals surface area contributed by atoms with Gasteiger partial charge in [-0.05, 0) is 49.9 Å². The third-order valence-electron chi connectivity index (χ3n) is 6.81. The third-order valence-corrected chi connectivity index (χ3v) is 6.81.